The Kier molecular flexibility index (Phi) is 9.50. The maximum absolute atomic E-state index is 14.8. The average molecular weight is 758 g/mol. The highest BCUT2D eigenvalue weighted by Crippen LogP contribution is 2.38. The second-order valence-corrected chi connectivity index (χ2v) is 13.1. The quantitative estimate of drug-likeness (QED) is 0.229. The summed E-state index contributed by atoms with van der Waals surface area (Å²) in [6.07, 6.45) is 4.09. The largest absolute Gasteiger partial charge is 0.371 e. The van der Waals surface area contributed by atoms with Gasteiger partial charge in [0.15, 0.2) is 5.82 Å². The molecule has 1 atom stereocenters. The van der Waals surface area contributed by atoms with Gasteiger partial charge in [0, 0.05) is 65.2 Å². The number of hydrogen-bond acceptors (Lipinski definition) is 8. The molecule has 6 rings (SSSR count). The van der Waals surface area contributed by atoms with E-state index in [0.29, 0.717) is 30.3 Å². The van der Waals surface area contributed by atoms with Gasteiger partial charge < -0.3 is 20.0 Å². The van der Waals surface area contributed by atoms with Crippen LogP contribution in [-0.2, 0) is 16.0 Å². The number of benzene rings is 3. The van der Waals surface area contributed by atoms with Gasteiger partial charge in [-0.25, -0.2) is 4.39 Å². The monoisotopic (exact) mass is 757 g/mol. The molecular weight excluding hydrogens is 724 g/mol. The van der Waals surface area contributed by atoms with Gasteiger partial charge in [-0.1, -0.05) is 29.8 Å². The van der Waals surface area contributed by atoms with E-state index in [1.54, 1.807) is 57.8 Å². The van der Waals surface area contributed by atoms with Crippen molar-refractivity contribution >= 4 is 66.9 Å². The van der Waals surface area contributed by atoms with Crippen LogP contribution in [-0.4, -0.2) is 65.2 Å². The van der Waals surface area contributed by atoms with Crippen LogP contribution in [0.3, 0.4) is 0 Å². The molecule has 0 spiro atoms. The summed E-state index contributed by atoms with van der Waals surface area (Å²) in [7, 11) is 4.23. The third kappa shape index (κ3) is 6.43. The molecular formula is C33H34ClFIN7O3. The van der Waals surface area contributed by atoms with Gasteiger partial charge in [0.25, 0.3) is 11.8 Å². The number of anilines is 3. The lowest BCUT2D eigenvalue weighted by atomic mass is 9.89. The summed E-state index contributed by atoms with van der Waals surface area (Å²) in [5, 5.41) is 4.26. The van der Waals surface area contributed by atoms with E-state index in [0.717, 1.165) is 42.7 Å². The van der Waals surface area contributed by atoms with Crippen LogP contribution in [0.15, 0.2) is 72.6 Å². The first-order valence-electron chi connectivity index (χ1n) is 15.0. The van der Waals surface area contributed by atoms with Crippen molar-refractivity contribution < 1.29 is 18.8 Å². The van der Waals surface area contributed by atoms with Gasteiger partial charge in [-0.15, -0.1) is 5.53 Å². The lowest BCUT2D eigenvalue weighted by Crippen LogP contribution is -2.48. The number of nitrogens with zero attached hydrogens (tertiary/aromatic N) is 4. The molecule has 3 aliphatic rings. The number of carbonyl (C=O) groups is 3. The van der Waals surface area contributed by atoms with Gasteiger partial charge in [-0.05, 0) is 86.9 Å². The minimum Gasteiger partial charge on any atom is -0.371 e. The number of piperidine rings is 1. The van der Waals surface area contributed by atoms with E-state index in [9.17, 15) is 18.8 Å². The normalized spacial score (nSPS) is 18.3. The van der Waals surface area contributed by atoms with E-state index in [1.165, 1.54) is 23.3 Å². The van der Waals surface area contributed by atoms with Crippen LogP contribution in [0.4, 0.5) is 21.5 Å². The summed E-state index contributed by atoms with van der Waals surface area (Å²) in [6, 6.07) is 16.8. The number of nitrogens with one attached hydrogen (secondary N) is 3. The SMILES string of the molecule is CN(C)C1CCN(c2cccc3c2CCN(C(=O)C2=CN(c4cccc(Cl)c4F)NN2)C3C(=O)Nc2ccc(C(=O)I)cc2)CC1. The summed E-state index contributed by atoms with van der Waals surface area (Å²) in [5.74, 6) is -1.44. The van der Waals surface area contributed by atoms with Gasteiger partial charge in [-0.3, -0.25) is 24.8 Å². The molecule has 13 heteroatoms. The van der Waals surface area contributed by atoms with E-state index in [2.05, 4.69) is 46.2 Å². The third-order valence-electron chi connectivity index (χ3n) is 8.81. The maximum Gasteiger partial charge on any atom is 0.273 e. The minimum absolute atomic E-state index is 0.0468. The molecule has 1 fully saturated rings. The highest BCUT2D eigenvalue weighted by molar-refractivity contribution is 14.1. The zero-order chi connectivity index (χ0) is 32.5. The Balaban J connectivity index is 1.32. The first-order chi connectivity index (χ1) is 22.1. The summed E-state index contributed by atoms with van der Waals surface area (Å²) in [6.45, 7) is 2.10. The Labute approximate surface area is 285 Å². The fraction of sp³-hybridized carbons (Fsp3) is 0.303. The van der Waals surface area contributed by atoms with E-state index in [1.807, 2.05) is 12.1 Å². The standard InChI is InChI=1S/C33H34ClFIN7O3/c1-40(2)22-13-16-41(17-14-22)27-7-3-5-24-23(27)15-18-42(30(24)32(45)37-21-11-9-20(10-12-21)31(36)44)33(46)26-19-43(39-38-26)28-8-4-6-25(34)29(28)35/h3-12,19,22,30,38-39H,13-18H2,1-2H3,(H,37,45). The number of amides is 2. The number of carbonyl (C=O) groups excluding carboxylic acids is 3. The van der Waals surface area contributed by atoms with Crippen molar-refractivity contribution in [3.05, 3.63) is 100 Å². The van der Waals surface area contributed by atoms with Crippen molar-refractivity contribution in [3.63, 3.8) is 0 Å². The van der Waals surface area contributed by atoms with Crippen LogP contribution in [0, 0.1) is 5.82 Å². The zero-order valence-corrected chi connectivity index (χ0v) is 28.3. The molecule has 3 heterocycles. The molecule has 46 heavy (non-hydrogen) atoms. The summed E-state index contributed by atoms with van der Waals surface area (Å²) < 4.78 is 14.7. The second-order valence-electron chi connectivity index (χ2n) is 11.7. The summed E-state index contributed by atoms with van der Waals surface area (Å²) >= 11 is 7.70. The molecule has 0 saturated carbocycles. The van der Waals surface area contributed by atoms with Gasteiger partial charge in [0.1, 0.15) is 11.7 Å². The minimum atomic E-state index is -0.943. The van der Waals surface area contributed by atoms with Crippen LogP contribution < -0.4 is 26.2 Å². The predicted octanol–water partition coefficient (Wildman–Crippen LogP) is 5.02. The van der Waals surface area contributed by atoms with Crippen LogP contribution in [0.2, 0.25) is 5.02 Å². The molecule has 10 nitrogen and oxygen atoms in total. The molecule has 0 radical (unpaired) electrons. The Bertz CT molecular complexity index is 1690. The van der Waals surface area contributed by atoms with E-state index < -0.39 is 17.8 Å². The first-order valence-corrected chi connectivity index (χ1v) is 16.5. The van der Waals surface area contributed by atoms with Gasteiger partial charge >= 0.3 is 0 Å². The molecule has 0 aliphatic carbocycles. The number of hydrazine groups is 2. The highest BCUT2D eigenvalue weighted by Gasteiger charge is 2.40. The number of hydrogen-bond donors (Lipinski definition) is 3. The fourth-order valence-corrected chi connectivity index (χ4v) is 6.88. The van der Waals surface area contributed by atoms with Gasteiger partial charge in [0.05, 0.1) is 16.9 Å². The number of fused-ring (bicyclic) bond motifs is 1. The Morgan fingerprint density at radius 1 is 0.978 bits per heavy atom. The van der Waals surface area contributed by atoms with E-state index >= 15 is 0 Å². The Morgan fingerprint density at radius 2 is 1.67 bits per heavy atom. The maximum atomic E-state index is 14.8. The number of rotatable bonds is 7. The van der Waals surface area contributed by atoms with E-state index in [4.69, 9.17) is 11.6 Å². The smallest absolute Gasteiger partial charge is 0.273 e. The second kappa shape index (κ2) is 13.6. The first kappa shape index (κ1) is 32.2. The van der Waals surface area contributed by atoms with Gasteiger partial charge in [-0.2, -0.15) is 0 Å². The lowest BCUT2D eigenvalue weighted by molar-refractivity contribution is -0.136. The Hall–Kier alpha value is -3.72. The highest BCUT2D eigenvalue weighted by atomic mass is 127. The molecule has 1 saturated heterocycles. The molecule has 0 bridgehead atoms. The van der Waals surface area contributed by atoms with E-state index in [-0.39, 0.29) is 26.1 Å². The average Bonchev–Trinajstić information content (AvgIpc) is 3.55. The topological polar surface area (TPSA) is 100 Å². The lowest BCUT2D eigenvalue weighted by Gasteiger charge is -2.41. The summed E-state index contributed by atoms with van der Waals surface area (Å²) in [5.41, 5.74) is 9.84. The molecule has 3 aromatic rings. The summed E-state index contributed by atoms with van der Waals surface area (Å²) in [4.78, 5) is 46.2. The Morgan fingerprint density at radius 3 is 2.37 bits per heavy atom. The zero-order valence-electron chi connectivity index (χ0n) is 25.4. The molecule has 2 amide bonds. The molecule has 240 valence electrons. The molecule has 3 N–H and O–H groups in total. The molecule has 3 aliphatic heterocycles. The van der Waals surface area contributed by atoms with Crippen molar-refractivity contribution in [1.82, 2.24) is 20.8 Å². The van der Waals surface area contributed by atoms with Crippen molar-refractivity contribution in [2.24, 2.45) is 0 Å². The third-order valence-corrected chi connectivity index (χ3v) is 9.73. The van der Waals surface area contributed by atoms with Crippen LogP contribution in [0.25, 0.3) is 0 Å². The van der Waals surface area contributed by atoms with Crippen molar-refractivity contribution in [1.29, 1.82) is 0 Å². The molecule has 0 aromatic heterocycles. The fourth-order valence-electron chi connectivity index (χ4n) is 6.35. The van der Waals surface area contributed by atoms with Crippen molar-refractivity contribution in [2.45, 2.75) is 31.3 Å². The predicted molar refractivity (Wildman–Crippen MR) is 185 cm³/mol. The van der Waals surface area contributed by atoms with Crippen molar-refractivity contribution in [2.75, 3.05) is 49.0 Å². The molecule has 3 aromatic carbocycles. The van der Waals surface area contributed by atoms with Crippen LogP contribution in [0.1, 0.15) is 40.4 Å². The number of halogens is 3. The van der Waals surface area contributed by atoms with Crippen LogP contribution >= 0.6 is 34.2 Å². The van der Waals surface area contributed by atoms with Crippen molar-refractivity contribution in [3.8, 4) is 0 Å². The van der Waals surface area contributed by atoms with Gasteiger partial charge in [0.2, 0.25) is 3.79 Å². The van der Waals surface area contributed by atoms with Crippen LogP contribution in [0.5, 0.6) is 0 Å². The molecule has 1 unspecified atom stereocenters.